The molecule has 3 unspecified atom stereocenters. The van der Waals surface area contributed by atoms with E-state index in [1.54, 1.807) is 0 Å². The van der Waals surface area contributed by atoms with Gasteiger partial charge in [-0.1, -0.05) is 19.1 Å². The summed E-state index contributed by atoms with van der Waals surface area (Å²) < 4.78 is 37.7. The second-order valence-electron chi connectivity index (χ2n) is 6.28. The Morgan fingerprint density at radius 3 is 2.50 bits per heavy atom. The molecule has 7 heteroatoms. The van der Waals surface area contributed by atoms with Crippen molar-refractivity contribution in [2.45, 2.75) is 57.3 Å². The van der Waals surface area contributed by atoms with Crippen LogP contribution in [0.3, 0.4) is 0 Å². The quantitative estimate of drug-likeness (QED) is 0.851. The van der Waals surface area contributed by atoms with Crippen LogP contribution < -0.4 is 10.6 Å². The average Bonchev–Trinajstić information content (AvgIpc) is 2.49. The smallest absolute Gasteiger partial charge is 0.352 e. The van der Waals surface area contributed by atoms with E-state index in [9.17, 15) is 18.0 Å². The van der Waals surface area contributed by atoms with Crippen molar-refractivity contribution in [3.63, 3.8) is 0 Å². The summed E-state index contributed by atoms with van der Waals surface area (Å²) in [7, 11) is 0. The molecule has 1 aliphatic rings. The van der Waals surface area contributed by atoms with E-state index in [-0.39, 0.29) is 42.7 Å². The second kappa shape index (κ2) is 8.72. The van der Waals surface area contributed by atoms with Crippen LogP contribution in [0.15, 0.2) is 24.3 Å². The van der Waals surface area contributed by atoms with Gasteiger partial charge in [-0.2, -0.15) is 13.2 Å². The van der Waals surface area contributed by atoms with Crippen molar-refractivity contribution in [2.75, 3.05) is 6.54 Å². The van der Waals surface area contributed by atoms with Gasteiger partial charge in [0.1, 0.15) is 0 Å². The standard InChI is InChI=1S/C17H23F3N2O.ClH/c1-11(13-5-7-14(8-6-13)17(18,19)20)10-16(23)22-15-4-3-9-21-12(15)2;/h5-8,11-12,15,21H,3-4,9-10H2,1-2H3,(H,22,23);1H. The topological polar surface area (TPSA) is 41.1 Å². The van der Waals surface area contributed by atoms with Crippen molar-refractivity contribution >= 4 is 18.3 Å². The van der Waals surface area contributed by atoms with E-state index in [1.807, 2.05) is 13.8 Å². The summed E-state index contributed by atoms with van der Waals surface area (Å²) in [6.07, 6.45) is -2.07. The van der Waals surface area contributed by atoms with Crippen molar-refractivity contribution in [3.8, 4) is 0 Å². The minimum Gasteiger partial charge on any atom is -0.352 e. The molecule has 1 heterocycles. The van der Waals surface area contributed by atoms with Gasteiger partial charge in [0, 0.05) is 18.5 Å². The molecule has 24 heavy (non-hydrogen) atoms. The molecule has 0 aromatic heterocycles. The fraction of sp³-hybridized carbons (Fsp3) is 0.588. The highest BCUT2D eigenvalue weighted by Gasteiger charge is 2.30. The Morgan fingerprint density at radius 1 is 1.33 bits per heavy atom. The first-order valence-corrected chi connectivity index (χ1v) is 7.97. The SMILES string of the molecule is CC(CC(=O)NC1CCCNC1C)c1ccc(C(F)(F)F)cc1.Cl. The molecule has 0 saturated carbocycles. The maximum atomic E-state index is 12.6. The van der Waals surface area contributed by atoms with Crippen LogP contribution in [0.25, 0.3) is 0 Å². The van der Waals surface area contributed by atoms with Crippen LogP contribution >= 0.6 is 12.4 Å². The van der Waals surface area contributed by atoms with Gasteiger partial charge in [-0.05, 0) is 49.9 Å². The first kappa shape index (κ1) is 20.8. The van der Waals surface area contributed by atoms with Gasteiger partial charge in [0.2, 0.25) is 5.91 Å². The lowest BCUT2D eigenvalue weighted by Gasteiger charge is -2.31. The molecule has 3 atom stereocenters. The maximum Gasteiger partial charge on any atom is 0.416 e. The van der Waals surface area contributed by atoms with Crippen LogP contribution in [0, 0.1) is 0 Å². The number of hydrogen-bond donors (Lipinski definition) is 2. The summed E-state index contributed by atoms with van der Waals surface area (Å²) in [5.74, 6) is -0.179. The Bertz CT molecular complexity index is 534. The Kier molecular flexibility index (Phi) is 7.55. The van der Waals surface area contributed by atoms with E-state index >= 15 is 0 Å². The van der Waals surface area contributed by atoms with Crippen LogP contribution in [0.1, 0.15) is 50.2 Å². The summed E-state index contributed by atoms with van der Waals surface area (Å²) in [6, 6.07) is 5.40. The number of nitrogens with one attached hydrogen (secondary N) is 2. The van der Waals surface area contributed by atoms with Crippen LogP contribution in [0.5, 0.6) is 0 Å². The number of halogens is 4. The highest BCUT2D eigenvalue weighted by Crippen LogP contribution is 2.30. The van der Waals surface area contributed by atoms with Gasteiger partial charge in [-0.15, -0.1) is 12.4 Å². The summed E-state index contributed by atoms with van der Waals surface area (Å²) in [6.45, 7) is 4.86. The third-order valence-corrected chi connectivity index (χ3v) is 4.41. The highest BCUT2D eigenvalue weighted by atomic mass is 35.5. The third-order valence-electron chi connectivity index (χ3n) is 4.41. The molecule has 1 aliphatic heterocycles. The lowest BCUT2D eigenvalue weighted by molar-refractivity contribution is -0.137. The van der Waals surface area contributed by atoms with E-state index in [1.165, 1.54) is 12.1 Å². The molecule has 1 amide bonds. The average molecular weight is 365 g/mol. The molecule has 1 aromatic rings. The molecule has 1 aromatic carbocycles. The van der Waals surface area contributed by atoms with Gasteiger partial charge in [0.25, 0.3) is 0 Å². The number of benzene rings is 1. The van der Waals surface area contributed by atoms with Crippen molar-refractivity contribution in [2.24, 2.45) is 0 Å². The predicted molar refractivity (Wildman–Crippen MR) is 90.4 cm³/mol. The predicted octanol–water partition coefficient (Wildman–Crippen LogP) is 3.88. The molecule has 136 valence electrons. The monoisotopic (exact) mass is 364 g/mol. The van der Waals surface area contributed by atoms with E-state index in [2.05, 4.69) is 10.6 Å². The largest absolute Gasteiger partial charge is 0.416 e. The molecular weight excluding hydrogens is 341 g/mol. The molecule has 1 fully saturated rings. The number of piperidine rings is 1. The number of rotatable bonds is 4. The van der Waals surface area contributed by atoms with E-state index in [0.717, 1.165) is 37.1 Å². The number of amides is 1. The Hall–Kier alpha value is -1.27. The van der Waals surface area contributed by atoms with Crippen molar-refractivity contribution in [3.05, 3.63) is 35.4 Å². The zero-order valence-corrected chi connectivity index (χ0v) is 14.6. The minimum absolute atomic E-state index is 0. The minimum atomic E-state index is -4.33. The first-order chi connectivity index (χ1) is 10.8. The number of carbonyl (C=O) groups excluding carboxylic acids is 1. The number of alkyl halides is 3. The Morgan fingerprint density at radius 2 is 1.96 bits per heavy atom. The van der Waals surface area contributed by atoms with E-state index in [4.69, 9.17) is 0 Å². The van der Waals surface area contributed by atoms with Crippen LogP contribution in [-0.4, -0.2) is 24.5 Å². The van der Waals surface area contributed by atoms with Crippen molar-refractivity contribution in [1.29, 1.82) is 0 Å². The number of carbonyl (C=O) groups is 1. The molecule has 3 nitrogen and oxygen atoms in total. The van der Waals surface area contributed by atoms with Gasteiger partial charge < -0.3 is 10.6 Å². The fourth-order valence-corrected chi connectivity index (χ4v) is 2.90. The summed E-state index contributed by atoms with van der Waals surface area (Å²) in [4.78, 5) is 12.1. The first-order valence-electron chi connectivity index (χ1n) is 7.97. The van der Waals surface area contributed by atoms with Crippen LogP contribution in [-0.2, 0) is 11.0 Å². The van der Waals surface area contributed by atoms with Gasteiger partial charge in [-0.25, -0.2) is 0 Å². The maximum absolute atomic E-state index is 12.6. The molecular formula is C17H24ClF3N2O. The molecule has 0 spiro atoms. The summed E-state index contributed by atoms with van der Waals surface area (Å²) in [5, 5.41) is 6.34. The van der Waals surface area contributed by atoms with Gasteiger partial charge in [-0.3, -0.25) is 4.79 Å². The second-order valence-corrected chi connectivity index (χ2v) is 6.28. The molecule has 0 radical (unpaired) electrons. The highest BCUT2D eigenvalue weighted by molar-refractivity contribution is 5.85. The fourth-order valence-electron chi connectivity index (χ4n) is 2.90. The molecule has 2 N–H and O–H groups in total. The van der Waals surface area contributed by atoms with Crippen molar-refractivity contribution in [1.82, 2.24) is 10.6 Å². The van der Waals surface area contributed by atoms with Crippen molar-refractivity contribution < 1.29 is 18.0 Å². The lowest BCUT2D eigenvalue weighted by Crippen LogP contribution is -2.52. The van der Waals surface area contributed by atoms with Crippen LogP contribution in [0.4, 0.5) is 13.2 Å². The van der Waals surface area contributed by atoms with Gasteiger partial charge in [0.05, 0.1) is 5.56 Å². The summed E-state index contributed by atoms with van der Waals surface area (Å²) >= 11 is 0. The summed E-state index contributed by atoms with van der Waals surface area (Å²) in [5.41, 5.74) is 0.0722. The number of hydrogen-bond acceptors (Lipinski definition) is 2. The Labute approximate surface area is 146 Å². The zero-order chi connectivity index (χ0) is 17.0. The molecule has 0 bridgehead atoms. The zero-order valence-electron chi connectivity index (χ0n) is 13.8. The Balaban J connectivity index is 0.00000288. The van der Waals surface area contributed by atoms with E-state index in [0.29, 0.717) is 0 Å². The van der Waals surface area contributed by atoms with Gasteiger partial charge in [0.15, 0.2) is 0 Å². The lowest BCUT2D eigenvalue weighted by atomic mass is 9.95. The molecule has 2 rings (SSSR count). The van der Waals surface area contributed by atoms with E-state index < -0.39 is 11.7 Å². The van der Waals surface area contributed by atoms with Crippen LogP contribution in [0.2, 0.25) is 0 Å². The molecule has 0 aliphatic carbocycles. The normalized spacial score (nSPS) is 22.4. The van der Waals surface area contributed by atoms with Gasteiger partial charge >= 0.3 is 6.18 Å². The molecule has 1 saturated heterocycles. The third kappa shape index (κ3) is 5.67.